The molecule has 2 aliphatic rings. The Labute approximate surface area is 173 Å². The number of fused-ring (bicyclic) bond motifs is 1. The Morgan fingerprint density at radius 3 is 2.52 bits per heavy atom. The van der Waals surface area contributed by atoms with Crippen molar-refractivity contribution in [2.45, 2.75) is 74.5 Å². The van der Waals surface area contributed by atoms with E-state index >= 15 is 0 Å². The number of hydrogen-bond donors (Lipinski definition) is 1. The van der Waals surface area contributed by atoms with Crippen molar-refractivity contribution in [2.75, 3.05) is 0 Å². The molecule has 1 saturated carbocycles. The fourth-order valence-corrected chi connectivity index (χ4v) is 7.35. The molecule has 1 atom stereocenters. The van der Waals surface area contributed by atoms with Crippen molar-refractivity contribution < 1.29 is 13.2 Å². The highest BCUT2D eigenvalue weighted by Gasteiger charge is 2.53. The van der Waals surface area contributed by atoms with E-state index in [0.717, 1.165) is 43.2 Å². The molecule has 5 heteroatoms. The normalized spacial score (nSPS) is 20.8. The van der Waals surface area contributed by atoms with E-state index in [1.807, 2.05) is 38.1 Å². The predicted octanol–water partition coefficient (Wildman–Crippen LogP) is 4.58. The second-order valence-electron chi connectivity index (χ2n) is 8.59. The van der Waals surface area contributed by atoms with Gasteiger partial charge in [-0.2, -0.15) is 0 Å². The van der Waals surface area contributed by atoms with E-state index in [2.05, 4.69) is 17.4 Å². The molecule has 0 unspecified atom stereocenters. The van der Waals surface area contributed by atoms with Gasteiger partial charge in [-0.25, -0.2) is 8.42 Å². The lowest BCUT2D eigenvalue weighted by Gasteiger charge is -2.33. The summed E-state index contributed by atoms with van der Waals surface area (Å²) in [6.07, 6.45) is 5.17. The molecule has 0 radical (unpaired) electrons. The molecule has 154 valence electrons. The molecule has 4 rings (SSSR count). The van der Waals surface area contributed by atoms with Crippen molar-refractivity contribution in [3.63, 3.8) is 0 Å². The molecular formula is C24H29NO3S. The second kappa shape index (κ2) is 7.60. The molecule has 29 heavy (non-hydrogen) atoms. The number of aryl methyl sites for hydroxylation is 3. The van der Waals surface area contributed by atoms with Crippen molar-refractivity contribution in [3.05, 3.63) is 64.7 Å². The van der Waals surface area contributed by atoms with E-state index in [1.54, 1.807) is 6.07 Å². The summed E-state index contributed by atoms with van der Waals surface area (Å²) in [7, 11) is -3.79. The Hall–Kier alpha value is -2.14. The van der Waals surface area contributed by atoms with Gasteiger partial charge in [0.15, 0.2) is 14.6 Å². The molecule has 4 nitrogen and oxygen atoms in total. The molecule has 0 aliphatic heterocycles. The Kier molecular flexibility index (Phi) is 5.28. The molecule has 0 heterocycles. The second-order valence-corrected chi connectivity index (χ2v) is 10.8. The molecular weight excluding hydrogens is 382 g/mol. The quantitative estimate of drug-likeness (QED) is 0.801. The zero-order valence-electron chi connectivity index (χ0n) is 17.2. The van der Waals surface area contributed by atoms with Gasteiger partial charge in [0.1, 0.15) is 0 Å². The van der Waals surface area contributed by atoms with Crippen LogP contribution in [-0.2, 0) is 21.1 Å². The molecule has 2 aromatic carbocycles. The predicted molar refractivity (Wildman–Crippen MR) is 115 cm³/mol. The van der Waals surface area contributed by atoms with Crippen LogP contribution in [0.2, 0.25) is 0 Å². The van der Waals surface area contributed by atoms with Gasteiger partial charge in [0, 0.05) is 0 Å². The Morgan fingerprint density at radius 2 is 1.76 bits per heavy atom. The van der Waals surface area contributed by atoms with Crippen LogP contribution in [0.3, 0.4) is 0 Å². The summed E-state index contributed by atoms with van der Waals surface area (Å²) in [4.78, 5) is 13.9. The Bertz CT molecular complexity index is 1040. The first kappa shape index (κ1) is 20.1. The van der Waals surface area contributed by atoms with Crippen LogP contribution in [0.5, 0.6) is 0 Å². The van der Waals surface area contributed by atoms with Gasteiger partial charge in [-0.15, -0.1) is 0 Å². The number of carbonyl (C=O) groups excluding carboxylic acids is 1. The molecule has 2 aromatic rings. The Balaban J connectivity index is 1.71. The topological polar surface area (TPSA) is 63.2 Å². The molecule has 1 amide bonds. The summed E-state index contributed by atoms with van der Waals surface area (Å²) < 4.78 is 26.2. The number of carbonyl (C=O) groups is 1. The first-order valence-corrected chi connectivity index (χ1v) is 12.0. The van der Waals surface area contributed by atoms with Gasteiger partial charge >= 0.3 is 0 Å². The number of sulfone groups is 1. The van der Waals surface area contributed by atoms with Crippen LogP contribution in [0.25, 0.3) is 0 Å². The highest BCUT2D eigenvalue weighted by atomic mass is 32.2. The van der Waals surface area contributed by atoms with Crippen LogP contribution in [-0.4, -0.2) is 19.1 Å². The highest BCUT2D eigenvalue weighted by Crippen LogP contribution is 2.42. The summed E-state index contributed by atoms with van der Waals surface area (Å²) in [5.41, 5.74) is 3.98. The van der Waals surface area contributed by atoms with E-state index < -0.39 is 14.6 Å². The minimum atomic E-state index is -3.79. The maximum absolute atomic E-state index is 13.8. The third-order valence-corrected chi connectivity index (χ3v) is 9.29. The number of amides is 1. The molecule has 0 spiro atoms. The van der Waals surface area contributed by atoms with Crippen molar-refractivity contribution in [2.24, 2.45) is 0 Å². The molecule has 0 aromatic heterocycles. The summed E-state index contributed by atoms with van der Waals surface area (Å²) >= 11 is 0. The molecule has 2 aliphatic carbocycles. The van der Waals surface area contributed by atoms with Crippen LogP contribution in [0.1, 0.15) is 66.8 Å². The minimum Gasteiger partial charge on any atom is -0.348 e. The van der Waals surface area contributed by atoms with E-state index in [1.165, 1.54) is 5.56 Å². The summed E-state index contributed by atoms with van der Waals surface area (Å²) in [5, 5.41) is 3.15. The third-order valence-electron chi connectivity index (χ3n) is 6.65. The van der Waals surface area contributed by atoms with E-state index in [4.69, 9.17) is 0 Å². The maximum atomic E-state index is 13.8. The fraction of sp³-hybridized carbons (Fsp3) is 0.458. The zero-order valence-corrected chi connectivity index (χ0v) is 18.0. The molecule has 0 bridgehead atoms. The van der Waals surface area contributed by atoms with Crippen LogP contribution in [0.15, 0.2) is 47.4 Å². The number of hydrogen-bond acceptors (Lipinski definition) is 3. The standard InChI is InChI=1S/C24H29NO3S/c1-17-12-13-18(2)22(16-17)29(27,28)24(14-5-6-15-24)23(26)25-21-11-7-9-19-8-3-4-10-20(19)21/h3-4,8,10,12-13,16,21H,5-7,9,11,14-15H2,1-2H3,(H,25,26)/t21-/m1/s1. The van der Waals surface area contributed by atoms with Gasteiger partial charge in [0.25, 0.3) is 0 Å². The monoisotopic (exact) mass is 411 g/mol. The minimum absolute atomic E-state index is 0.112. The van der Waals surface area contributed by atoms with Crippen LogP contribution in [0, 0.1) is 13.8 Å². The summed E-state index contributed by atoms with van der Waals surface area (Å²) in [5.74, 6) is -0.322. The van der Waals surface area contributed by atoms with Gasteiger partial charge in [-0.05, 0) is 74.3 Å². The van der Waals surface area contributed by atoms with E-state index in [0.29, 0.717) is 23.3 Å². The zero-order chi connectivity index (χ0) is 20.6. The summed E-state index contributed by atoms with van der Waals surface area (Å²) in [6, 6.07) is 13.5. The van der Waals surface area contributed by atoms with Crippen molar-refractivity contribution in [1.82, 2.24) is 5.32 Å². The maximum Gasteiger partial charge on any atom is 0.242 e. The summed E-state index contributed by atoms with van der Waals surface area (Å²) in [6.45, 7) is 3.70. The van der Waals surface area contributed by atoms with Crippen molar-refractivity contribution >= 4 is 15.7 Å². The van der Waals surface area contributed by atoms with Gasteiger partial charge in [0.05, 0.1) is 10.9 Å². The van der Waals surface area contributed by atoms with Gasteiger partial charge < -0.3 is 5.32 Å². The van der Waals surface area contributed by atoms with Crippen LogP contribution in [0.4, 0.5) is 0 Å². The number of rotatable bonds is 4. The SMILES string of the molecule is Cc1ccc(C)c(S(=O)(=O)C2(C(=O)N[C@@H]3CCCc4ccccc43)CCCC2)c1. The molecule has 1 N–H and O–H groups in total. The smallest absolute Gasteiger partial charge is 0.242 e. The lowest BCUT2D eigenvalue weighted by atomic mass is 9.87. The van der Waals surface area contributed by atoms with Gasteiger partial charge in [-0.1, -0.05) is 49.2 Å². The van der Waals surface area contributed by atoms with Crippen molar-refractivity contribution in [1.29, 1.82) is 0 Å². The number of benzene rings is 2. The van der Waals surface area contributed by atoms with E-state index in [-0.39, 0.29) is 11.9 Å². The fourth-order valence-electron chi connectivity index (χ4n) is 4.96. The third kappa shape index (κ3) is 3.39. The lowest BCUT2D eigenvalue weighted by molar-refractivity contribution is -0.124. The largest absolute Gasteiger partial charge is 0.348 e. The Morgan fingerprint density at radius 1 is 1.03 bits per heavy atom. The highest BCUT2D eigenvalue weighted by molar-refractivity contribution is 7.93. The first-order valence-electron chi connectivity index (χ1n) is 10.6. The van der Waals surface area contributed by atoms with Crippen LogP contribution < -0.4 is 5.32 Å². The number of nitrogens with one attached hydrogen (secondary N) is 1. The first-order chi connectivity index (χ1) is 13.8. The average Bonchev–Trinajstić information content (AvgIpc) is 3.22. The van der Waals surface area contributed by atoms with Crippen LogP contribution >= 0.6 is 0 Å². The molecule has 0 saturated heterocycles. The lowest BCUT2D eigenvalue weighted by Crippen LogP contribution is -2.51. The van der Waals surface area contributed by atoms with Gasteiger partial charge in [0.2, 0.25) is 5.91 Å². The molecule has 1 fully saturated rings. The van der Waals surface area contributed by atoms with Gasteiger partial charge in [-0.3, -0.25) is 4.79 Å². The van der Waals surface area contributed by atoms with E-state index in [9.17, 15) is 13.2 Å². The van der Waals surface area contributed by atoms with Crippen molar-refractivity contribution in [3.8, 4) is 0 Å². The average molecular weight is 412 g/mol.